The van der Waals surface area contributed by atoms with E-state index >= 15 is 0 Å². The summed E-state index contributed by atoms with van der Waals surface area (Å²) in [5, 5.41) is 5.35. The Labute approximate surface area is 253 Å². The number of anilines is 1. The summed E-state index contributed by atoms with van der Waals surface area (Å²) in [6.07, 6.45) is 1.73. The van der Waals surface area contributed by atoms with Crippen LogP contribution in [0.2, 0.25) is 5.02 Å². The van der Waals surface area contributed by atoms with Crippen molar-refractivity contribution in [2.24, 2.45) is 4.99 Å². The fourth-order valence-electron chi connectivity index (χ4n) is 4.69. The van der Waals surface area contributed by atoms with E-state index in [4.69, 9.17) is 21.3 Å². The van der Waals surface area contributed by atoms with Crippen LogP contribution in [0.4, 0.5) is 10.1 Å². The minimum atomic E-state index is -0.638. The average Bonchev–Trinajstić information content (AvgIpc) is 3.62. The van der Waals surface area contributed by atoms with Crippen LogP contribution >= 0.6 is 34.3 Å². The van der Waals surface area contributed by atoms with E-state index in [1.807, 2.05) is 47.8 Å². The molecule has 0 radical (unpaired) electrons. The molecule has 0 fully saturated rings. The normalized spacial score (nSPS) is 14.8. The van der Waals surface area contributed by atoms with Gasteiger partial charge in [0.15, 0.2) is 4.80 Å². The average molecular weight is 616 g/mol. The van der Waals surface area contributed by atoms with Crippen LogP contribution in [0.3, 0.4) is 0 Å². The first-order chi connectivity index (χ1) is 20.4. The second-order valence-electron chi connectivity index (χ2n) is 9.51. The molecule has 6 nitrogen and oxygen atoms in total. The van der Waals surface area contributed by atoms with Crippen LogP contribution in [-0.2, 0) is 11.4 Å². The van der Waals surface area contributed by atoms with Crippen molar-refractivity contribution in [3.63, 3.8) is 0 Å². The van der Waals surface area contributed by atoms with Crippen LogP contribution in [0.5, 0.6) is 5.75 Å². The largest absolute Gasteiger partial charge is 0.488 e. The molecule has 10 heteroatoms. The summed E-state index contributed by atoms with van der Waals surface area (Å²) in [4.78, 5) is 33.6. The molecule has 0 bridgehead atoms. The molecule has 3 heterocycles. The third kappa shape index (κ3) is 5.72. The maximum absolute atomic E-state index is 14.0. The zero-order valence-electron chi connectivity index (χ0n) is 22.2. The summed E-state index contributed by atoms with van der Waals surface area (Å²) in [6.45, 7) is 2.00. The topological polar surface area (TPSA) is 72.7 Å². The molecule has 1 aliphatic rings. The quantitative estimate of drug-likeness (QED) is 0.233. The number of thiazole rings is 1. The van der Waals surface area contributed by atoms with E-state index < -0.39 is 6.04 Å². The van der Waals surface area contributed by atoms with Gasteiger partial charge >= 0.3 is 0 Å². The van der Waals surface area contributed by atoms with Gasteiger partial charge in [-0.1, -0.05) is 59.3 Å². The van der Waals surface area contributed by atoms with Gasteiger partial charge in [-0.05, 0) is 72.5 Å². The Morgan fingerprint density at radius 2 is 1.88 bits per heavy atom. The molecule has 5 aromatic rings. The number of benzene rings is 3. The summed E-state index contributed by atoms with van der Waals surface area (Å²) < 4.78 is 21.4. The lowest BCUT2D eigenvalue weighted by atomic mass is 10.0. The molecule has 1 N–H and O–H groups in total. The predicted molar refractivity (Wildman–Crippen MR) is 165 cm³/mol. The molecular formula is C32H23ClFN3O3S2. The van der Waals surface area contributed by atoms with E-state index in [2.05, 4.69) is 5.32 Å². The van der Waals surface area contributed by atoms with E-state index in [-0.39, 0.29) is 23.9 Å². The number of para-hydroxylation sites is 1. The molecule has 0 unspecified atom stereocenters. The number of allylic oxidation sites excluding steroid dienone is 1. The lowest BCUT2D eigenvalue weighted by Gasteiger charge is -2.24. The molecule has 3 aromatic carbocycles. The van der Waals surface area contributed by atoms with Crippen LogP contribution in [-0.4, -0.2) is 10.5 Å². The Morgan fingerprint density at radius 3 is 2.62 bits per heavy atom. The van der Waals surface area contributed by atoms with Crippen molar-refractivity contribution in [2.75, 3.05) is 5.32 Å². The molecule has 1 amide bonds. The van der Waals surface area contributed by atoms with Gasteiger partial charge in [0.25, 0.3) is 11.5 Å². The number of aromatic nitrogens is 1. The number of rotatable bonds is 7. The van der Waals surface area contributed by atoms with Crippen LogP contribution in [0.1, 0.15) is 29.0 Å². The lowest BCUT2D eigenvalue weighted by Crippen LogP contribution is -2.40. The van der Waals surface area contributed by atoms with Gasteiger partial charge in [0.1, 0.15) is 24.2 Å². The first kappa shape index (κ1) is 27.8. The van der Waals surface area contributed by atoms with Gasteiger partial charge in [0.2, 0.25) is 0 Å². The highest BCUT2D eigenvalue weighted by Gasteiger charge is 2.33. The van der Waals surface area contributed by atoms with E-state index in [1.165, 1.54) is 34.8 Å². The summed E-state index contributed by atoms with van der Waals surface area (Å²) in [5.41, 5.74) is 2.73. The Bertz CT molecular complexity index is 1980. The number of amides is 1. The number of hydrogen-bond acceptors (Lipinski definition) is 6. The molecule has 1 atom stereocenters. The molecule has 0 spiro atoms. The number of halogens is 2. The van der Waals surface area contributed by atoms with Crippen molar-refractivity contribution in [3.05, 3.63) is 148 Å². The van der Waals surface area contributed by atoms with Crippen molar-refractivity contribution in [1.82, 2.24) is 4.57 Å². The lowest BCUT2D eigenvalue weighted by molar-refractivity contribution is -0.113. The maximum Gasteiger partial charge on any atom is 0.271 e. The van der Waals surface area contributed by atoms with Crippen molar-refractivity contribution in [3.8, 4) is 5.75 Å². The fourth-order valence-corrected chi connectivity index (χ4v) is 6.74. The smallest absolute Gasteiger partial charge is 0.271 e. The van der Waals surface area contributed by atoms with Crippen LogP contribution in [0, 0.1) is 5.82 Å². The minimum absolute atomic E-state index is 0.210. The molecule has 1 aliphatic heterocycles. The summed E-state index contributed by atoms with van der Waals surface area (Å²) in [6, 6.07) is 23.6. The third-order valence-corrected chi connectivity index (χ3v) is 8.82. The van der Waals surface area contributed by atoms with Gasteiger partial charge in [-0.15, -0.1) is 11.3 Å². The first-order valence-electron chi connectivity index (χ1n) is 13.0. The SMILES string of the molecule is CC1=C(C(=O)Nc2ccccc2)[C@@H](c2cccs2)n2c(s/c(=C\c3cc(Cl)ccc3OCc3ccc(F)cc3)c2=O)=N1. The zero-order chi connectivity index (χ0) is 29.2. The molecule has 0 saturated carbocycles. The Balaban J connectivity index is 1.41. The van der Waals surface area contributed by atoms with Gasteiger partial charge < -0.3 is 10.1 Å². The van der Waals surface area contributed by atoms with Crippen molar-refractivity contribution in [1.29, 1.82) is 0 Å². The second kappa shape index (κ2) is 11.9. The summed E-state index contributed by atoms with van der Waals surface area (Å²) >= 11 is 9.03. The number of nitrogens with one attached hydrogen (secondary N) is 1. The van der Waals surface area contributed by atoms with Crippen LogP contribution < -0.4 is 24.9 Å². The highest BCUT2D eigenvalue weighted by atomic mass is 35.5. The highest BCUT2D eigenvalue weighted by Crippen LogP contribution is 2.33. The predicted octanol–water partition coefficient (Wildman–Crippen LogP) is 6.31. The van der Waals surface area contributed by atoms with Gasteiger partial charge in [-0.2, -0.15) is 0 Å². The number of hydrogen-bond donors (Lipinski definition) is 1. The Hall–Kier alpha value is -4.31. The third-order valence-electron chi connectivity index (χ3n) is 6.68. The summed E-state index contributed by atoms with van der Waals surface area (Å²) in [5.74, 6) is -0.122. The second-order valence-corrected chi connectivity index (χ2v) is 11.9. The molecule has 42 heavy (non-hydrogen) atoms. The van der Waals surface area contributed by atoms with Gasteiger partial charge in [-0.25, -0.2) is 9.38 Å². The van der Waals surface area contributed by atoms with E-state index in [9.17, 15) is 14.0 Å². The van der Waals surface area contributed by atoms with Crippen molar-refractivity contribution < 1.29 is 13.9 Å². The molecule has 210 valence electrons. The van der Waals surface area contributed by atoms with Gasteiger partial charge in [0, 0.05) is 21.2 Å². The highest BCUT2D eigenvalue weighted by molar-refractivity contribution is 7.10. The van der Waals surface area contributed by atoms with Crippen molar-refractivity contribution in [2.45, 2.75) is 19.6 Å². The Morgan fingerprint density at radius 1 is 1.10 bits per heavy atom. The number of ether oxygens (including phenoxy) is 1. The van der Waals surface area contributed by atoms with E-state index in [0.29, 0.717) is 42.6 Å². The monoisotopic (exact) mass is 615 g/mol. The fraction of sp³-hybridized carbons (Fsp3) is 0.0938. The zero-order valence-corrected chi connectivity index (χ0v) is 24.6. The number of nitrogens with zero attached hydrogens (tertiary/aromatic N) is 2. The van der Waals surface area contributed by atoms with Crippen LogP contribution in [0.15, 0.2) is 111 Å². The van der Waals surface area contributed by atoms with Crippen molar-refractivity contribution >= 4 is 51.9 Å². The first-order valence-corrected chi connectivity index (χ1v) is 15.0. The number of thiophene rings is 1. The number of carbonyl (C=O) groups excluding carboxylic acids is 1. The van der Waals surface area contributed by atoms with E-state index in [1.54, 1.807) is 47.9 Å². The molecular weight excluding hydrogens is 593 g/mol. The Kier molecular flexibility index (Phi) is 7.88. The standard InChI is InChI=1S/C32H23ClFN3O3S2/c1-19-28(30(38)36-24-6-3-2-4-7-24)29(26-8-5-15-41-26)37-31(39)27(42-32(37)35-19)17-21-16-22(33)11-14-25(21)40-18-20-9-12-23(34)13-10-20/h2-17,29H,18H2,1H3,(H,36,38)/b27-17-/t29-/m1/s1. The molecule has 0 aliphatic carbocycles. The summed E-state index contributed by atoms with van der Waals surface area (Å²) in [7, 11) is 0. The molecule has 6 rings (SSSR count). The maximum atomic E-state index is 14.0. The number of carbonyl (C=O) groups is 1. The minimum Gasteiger partial charge on any atom is -0.488 e. The molecule has 0 saturated heterocycles. The van der Waals surface area contributed by atoms with Gasteiger partial charge in [0.05, 0.1) is 15.8 Å². The number of fused-ring (bicyclic) bond motifs is 1. The van der Waals surface area contributed by atoms with Gasteiger partial charge in [-0.3, -0.25) is 14.2 Å². The van der Waals surface area contributed by atoms with E-state index in [0.717, 1.165) is 10.4 Å². The molecule has 2 aromatic heterocycles. The van der Waals surface area contributed by atoms with Crippen LogP contribution in [0.25, 0.3) is 6.08 Å².